The molecule has 3 aromatic rings. The number of para-hydroxylation sites is 1. The lowest BCUT2D eigenvalue weighted by molar-refractivity contribution is -0.114. The first-order valence-corrected chi connectivity index (χ1v) is 9.16. The molecule has 6 nitrogen and oxygen atoms in total. The summed E-state index contributed by atoms with van der Waals surface area (Å²) in [5, 5.41) is 10.2. The fraction of sp³-hybridized carbons (Fsp3) is 0.227. The van der Waals surface area contributed by atoms with Gasteiger partial charge in [-0.05, 0) is 50.6 Å². The maximum atomic E-state index is 12.7. The van der Waals surface area contributed by atoms with E-state index in [0.717, 1.165) is 22.5 Å². The van der Waals surface area contributed by atoms with Crippen molar-refractivity contribution in [3.8, 4) is 5.69 Å². The van der Waals surface area contributed by atoms with E-state index in [0.29, 0.717) is 11.3 Å². The summed E-state index contributed by atoms with van der Waals surface area (Å²) in [5.41, 5.74) is 5.17. The first kappa shape index (κ1) is 19.4. The van der Waals surface area contributed by atoms with Crippen molar-refractivity contribution in [2.45, 2.75) is 33.7 Å². The summed E-state index contributed by atoms with van der Waals surface area (Å²) in [4.78, 5) is 23.9. The molecule has 0 aliphatic carbocycles. The molecule has 28 heavy (non-hydrogen) atoms. The Hall–Kier alpha value is -3.41. The van der Waals surface area contributed by atoms with Crippen molar-refractivity contribution in [3.63, 3.8) is 0 Å². The lowest BCUT2D eigenvalue weighted by Crippen LogP contribution is -2.27. The van der Waals surface area contributed by atoms with Crippen molar-refractivity contribution in [1.82, 2.24) is 15.1 Å². The van der Waals surface area contributed by atoms with Gasteiger partial charge in [-0.2, -0.15) is 5.10 Å². The van der Waals surface area contributed by atoms with Gasteiger partial charge in [0.25, 0.3) is 5.91 Å². The summed E-state index contributed by atoms with van der Waals surface area (Å²) in [7, 11) is 0. The van der Waals surface area contributed by atoms with Gasteiger partial charge in [0.2, 0.25) is 5.91 Å². The summed E-state index contributed by atoms with van der Waals surface area (Å²) in [6, 6.07) is 14.7. The van der Waals surface area contributed by atoms with Crippen LogP contribution in [0.3, 0.4) is 0 Å². The number of benzene rings is 2. The van der Waals surface area contributed by atoms with Crippen LogP contribution in [0.25, 0.3) is 5.69 Å². The molecule has 2 aromatic carbocycles. The van der Waals surface area contributed by atoms with Crippen LogP contribution in [0.2, 0.25) is 0 Å². The van der Waals surface area contributed by atoms with Gasteiger partial charge in [0, 0.05) is 29.4 Å². The maximum absolute atomic E-state index is 12.7. The van der Waals surface area contributed by atoms with Gasteiger partial charge in [-0.25, -0.2) is 4.68 Å². The highest BCUT2D eigenvalue weighted by Crippen LogP contribution is 2.22. The van der Waals surface area contributed by atoms with Crippen LogP contribution in [0.4, 0.5) is 5.69 Å². The molecule has 0 bridgehead atoms. The van der Waals surface area contributed by atoms with E-state index in [-0.39, 0.29) is 17.9 Å². The summed E-state index contributed by atoms with van der Waals surface area (Å²) >= 11 is 0. The summed E-state index contributed by atoms with van der Waals surface area (Å²) in [6.45, 7) is 7.41. The third-order valence-electron chi connectivity index (χ3n) is 4.65. The lowest BCUT2D eigenvalue weighted by Gasteiger charge is -2.15. The van der Waals surface area contributed by atoms with Crippen molar-refractivity contribution in [1.29, 1.82) is 0 Å². The highest BCUT2D eigenvalue weighted by molar-refractivity contribution is 5.97. The lowest BCUT2D eigenvalue weighted by atomic mass is 10.1. The number of aryl methyl sites for hydroxylation is 1. The first-order valence-electron chi connectivity index (χ1n) is 9.16. The Kier molecular flexibility index (Phi) is 5.59. The third-order valence-corrected chi connectivity index (χ3v) is 4.65. The van der Waals surface area contributed by atoms with Crippen LogP contribution in [-0.4, -0.2) is 21.6 Å². The SMILES string of the molecule is CC(=O)Nc1cccc(C(=O)N[C@H](C)c2cnn(-c3ccccc3C)c2C)c1. The third kappa shape index (κ3) is 4.11. The zero-order valence-corrected chi connectivity index (χ0v) is 16.5. The van der Waals surface area contributed by atoms with Crippen molar-refractivity contribution < 1.29 is 9.59 Å². The average Bonchev–Trinajstić information content (AvgIpc) is 3.03. The smallest absolute Gasteiger partial charge is 0.251 e. The average molecular weight is 376 g/mol. The second-order valence-electron chi connectivity index (χ2n) is 6.84. The van der Waals surface area contributed by atoms with E-state index in [9.17, 15) is 9.59 Å². The molecular formula is C22H24N4O2. The number of hydrogen-bond donors (Lipinski definition) is 2. The number of aromatic nitrogens is 2. The van der Waals surface area contributed by atoms with Gasteiger partial charge >= 0.3 is 0 Å². The Balaban J connectivity index is 1.79. The van der Waals surface area contributed by atoms with Crippen LogP contribution in [0.1, 0.15) is 47.1 Å². The van der Waals surface area contributed by atoms with E-state index in [4.69, 9.17) is 0 Å². The molecule has 0 saturated carbocycles. The monoisotopic (exact) mass is 376 g/mol. The molecule has 0 fully saturated rings. The summed E-state index contributed by atoms with van der Waals surface area (Å²) < 4.78 is 1.89. The zero-order chi connectivity index (χ0) is 20.3. The van der Waals surface area contributed by atoms with Crippen LogP contribution in [0, 0.1) is 13.8 Å². The largest absolute Gasteiger partial charge is 0.345 e. The van der Waals surface area contributed by atoms with E-state index in [1.807, 2.05) is 49.7 Å². The predicted octanol–water partition coefficient (Wildman–Crippen LogP) is 3.94. The van der Waals surface area contributed by atoms with Gasteiger partial charge in [0.15, 0.2) is 0 Å². The van der Waals surface area contributed by atoms with Crippen LogP contribution in [0.5, 0.6) is 0 Å². The number of anilines is 1. The van der Waals surface area contributed by atoms with Gasteiger partial charge in [0.1, 0.15) is 0 Å². The number of carbonyl (C=O) groups excluding carboxylic acids is 2. The Morgan fingerprint density at radius 3 is 2.54 bits per heavy atom. The molecule has 0 aliphatic heterocycles. The molecule has 3 rings (SSSR count). The molecule has 1 heterocycles. The van der Waals surface area contributed by atoms with Gasteiger partial charge in [-0.1, -0.05) is 24.3 Å². The topological polar surface area (TPSA) is 76.0 Å². The minimum atomic E-state index is -0.213. The molecule has 6 heteroatoms. The molecule has 1 atom stereocenters. The minimum Gasteiger partial charge on any atom is -0.345 e. The molecular weight excluding hydrogens is 352 g/mol. The molecule has 0 aliphatic rings. The van der Waals surface area contributed by atoms with E-state index >= 15 is 0 Å². The van der Waals surface area contributed by atoms with Crippen molar-refractivity contribution in [2.24, 2.45) is 0 Å². The molecule has 0 spiro atoms. The van der Waals surface area contributed by atoms with E-state index in [1.54, 1.807) is 30.5 Å². The molecule has 1 aromatic heterocycles. The van der Waals surface area contributed by atoms with E-state index in [1.165, 1.54) is 6.92 Å². The fourth-order valence-electron chi connectivity index (χ4n) is 3.19. The number of amides is 2. The van der Waals surface area contributed by atoms with Crippen LogP contribution >= 0.6 is 0 Å². The van der Waals surface area contributed by atoms with Crippen molar-refractivity contribution in [3.05, 3.63) is 77.1 Å². The standard InChI is InChI=1S/C22H24N4O2/c1-14-8-5-6-11-21(14)26-16(3)20(13-23-26)15(2)24-22(28)18-9-7-10-19(12-18)25-17(4)27/h5-13,15H,1-4H3,(H,24,28)(H,25,27)/t15-/m1/s1. The van der Waals surface area contributed by atoms with Crippen LogP contribution in [-0.2, 0) is 4.79 Å². The number of nitrogens with one attached hydrogen (secondary N) is 2. The highest BCUT2D eigenvalue weighted by atomic mass is 16.2. The van der Waals surface area contributed by atoms with Crippen LogP contribution < -0.4 is 10.6 Å². The minimum absolute atomic E-state index is 0.176. The first-order chi connectivity index (χ1) is 13.4. The number of hydrogen-bond acceptors (Lipinski definition) is 3. The second kappa shape index (κ2) is 8.08. The van der Waals surface area contributed by atoms with Crippen LogP contribution in [0.15, 0.2) is 54.7 Å². The highest BCUT2D eigenvalue weighted by Gasteiger charge is 2.18. The molecule has 0 saturated heterocycles. The normalized spacial score (nSPS) is 11.7. The molecule has 0 unspecified atom stereocenters. The molecule has 0 radical (unpaired) electrons. The van der Waals surface area contributed by atoms with E-state index in [2.05, 4.69) is 15.7 Å². The zero-order valence-electron chi connectivity index (χ0n) is 16.5. The molecule has 144 valence electrons. The Labute approximate surface area is 164 Å². The van der Waals surface area contributed by atoms with Crippen molar-refractivity contribution >= 4 is 17.5 Å². The molecule has 2 N–H and O–H groups in total. The van der Waals surface area contributed by atoms with Gasteiger partial charge in [0.05, 0.1) is 17.9 Å². The van der Waals surface area contributed by atoms with Gasteiger partial charge in [-0.3, -0.25) is 9.59 Å². The van der Waals surface area contributed by atoms with Gasteiger partial charge < -0.3 is 10.6 Å². The fourth-order valence-corrected chi connectivity index (χ4v) is 3.19. The van der Waals surface area contributed by atoms with Crippen molar-refractivity contribution in [2.75, 3.05) is 5.32 Å². The van der Waals surface area contributed by atoms with Gasteiger partial charge in [-0.15, -0.1) is 0 Å². The Morgan fingerprint density at radius 1 is 1.07 bits per heavy atom. The predicted molar refractivity (Wildman–Crippen MR) is 110 cm³/mol. The number of carbonyl (C=O) groups is 2. The quantitative estimate of drug-likeness (QED) is 0.708. The Morgan fingerprint density at radius 2 is 1.82 bits per heavy atom. The summed E-state index contributed by atoms with van der Waals surface area (Å²) in [5.74, 6) is -0.382. The molecule has 2 amide bonds. The number of rotatable bonds is 5. The Bertz CT molecular complexity index is 1020. The number of nitrogens with zero attached hydrogens (tertiary/aromatic N) is 2. The van der Waals surface area contributed by atoms with E-state index < -0.39 is 0 Å². The maximum Gasteiger partial charge on any atom is 0.251 e. The summed E-state index contributed by atoms with van der Waals surface area (Å²) in [6.07, 6.45) is 1.79. The second-order valence-corrected chi connectivity index (χ2v) is 6.84.